The van der Waals surface area contributed by atoms with Crippen molar-refractivity contribution < 1.29 is 0 Å². The minimum Gasteiger partial charge on any atom is -0.0937 e. The van der Waals surface area contributed by atoms with Crippen LogP contribution < -0.4 is 0 Å². The van der Waals surface area contributed by atoms with E-state index in [2.05, 4.69) is 43.1 Å². The fourth-order valence-electron chi connectivity index (χ4n) is 0.581. The summed E-state index contributed by atoms with van der Waals surface area (Å²) in [6.45, 7) is 2.15. The molecule has 0 aromatic carbocycles. The molecule has 0 saturated carbocycles. The first-order chi connectivity index (χ1) is 4.30. The SMILES string of the molecule is CC(Br)C1=CC=IC=C1. The molecule has 50 valence electrons. The van der Waals surface area contributed by atoms with Crippen LogP contribution in [0.4, 0.5) is 0 Å². The Morgan fingerprint density at radius 1 is 1.67 bits per heavy atom. The van der Waals surface area contributed by atoms with Gasteiger partial charge in [0.1, 0.15) is 0 Å². The van der Waals surface area contributed by atoms with E-state index in [-0.39, 0.29) is 20.7 Å². The highest BCUT2D eigenvalue weighted by Crippen LogP contribution is 2.17. The van der Waals surface area contributed by atoms with Gasteiger partial charge in [0.2, 0.25) is 0 Å². The average Bonchev–Trinajstić information content (AvgIpc) is 1.90. The Hall–Kier alpha value is 0.560. The van der Waals surface area contributed by atoms with E-state index < -0.39 is 0 Å². The Bertz CT molecular complexity index is 177. The molecule has 0 aliphatic carbocycles. The van der Waals surface area contributed by atoms with E-state index >= 15 is 0 Å². The molecular formula is C7H8BrI. The third-order valence-corrected chi connectivity index (χ3v) is 3.19. The van der Waals surface area contributed by atoms with Crippen molar-refractivity contribution in [2.75, 3.05) is 0 Å². The van der Waals surface area contributed by atoms with Crippen LogP contribution in [0.5, 0.6) is 0 Å². The van der Waals surface area contributed by atoms with Crippen LogP contribution in [-0.2, 0) is 0 Å². The lowest BCUT2D eigenvalue weighted by atomic mass is 10.2. The van der Waals surface area contributed by atoms with Gasteiger partial charge in [0.15, 0.2) is 0 Å². The van der Waals surface area contributed by atoms with Crippen molar-refractivity contribution in [3.8, 4) is 0 Å². The fourth-order valence-corrected chi connectivity index (χ4v) is 2.37. The third-order valence-electron chi connectivity index (χ3n) is 1.12. The molecule has 0 aromatic rings. The molecule has 0 aromatic heterocycles. The molecule has 0 N–H and O–H groups in total. The lowest BCUT2D eigenvalue weighted by Crippen LogP contribution is -1.93. The monoisotopic (exact) mass is 298 g/mol. The first-order valence-corrected chi connectivity index (χ1v) is 6.17. The number of allylic oxidation sites excluding steroid dienone is 3. The van der Waals surface area contributed by atoms with E-state index in [4.69, 9.17) is 0 Å². The summed E-state index contributed by atoms with van der Waals surface area (Å²) in [5.74, 6) is 0. The summed E-state index contributed by atoms with van der Waals surface area (Å²) in [5.41, 5.74) is 1.39. The average molecular weight is 299 g/mol. The second kappa shape index (κ2) is 3.66. The minimum atomic E-state index is 0.259. The Morgan fingerprint density at radius 2 is 2.44 bits per heavy atom. The zero-order valence-electron chi connectivity index (χ0n) is 5.14. The van der Waals surface area contributed by atoms with Crippen LogP contribution >= 0.6 is 36.7 Å². The predicted molar refractivity (Wildman–Crippen MR) is 55.7 cm³/mol. The highest BCUT2D eigenvalue weighted by Gasteiger charge is 1.99. The van der Waals surface area contributed by atoms with Crippen LogP contribution in [-0.4, -0.2) is 8.84 Å². The van der Waals surface area contributed by atoms with Crippen molar-refractivity contribution in [1.82, 2.24) is 0 Å². The number of rotatable bonds is 1. The first kappa shape index (κ1) is 7.66. The molecule has 1 rings (SSSR count). The third kappa shape index (κ3) is 2.34. The van der Waals surface area contributed by atoms with Gasteiger partial charge in [0.25, 0.3) is 0 Å². The number of hydrogen-bond donors (Lipinski definition) is 0. The van der Waals surface area contributed by atoms with Gasteiger partial charge in [-0.1, -0.05) is 48.8 Å². The summed E-state index contributed by atoms with van der Waals surface area (Å²) in [6.07, 6.45) is 4.43. The molecule has 1 unspecified atom stereocenters. The largest absolute Gasteiger partial charge is 0.0937 e. The Morgan fingerprint density at radius 3 is 2.78 bits per heavy atom. The van der Waals surface area contributed by atoms with Crippen LogP contribution in [0.25, 0.3) is 0 Å². The fraction of sp³-hybridized carbons (Fsp3) is 0.286. The number of hydrogen-bond acceptors (Lipinski definition) is 0. The van der Waals surface area contributed by atoms with E-state index in [1.165, 1.54) is 5.57 Å². The van der Waals surface area contributed by atoms with E-state index in [0.29, 0.717) is 4.83 Å². The molecule has 1 atom stereocenters. The predicted octanol–water partition coefficient (Wildman–Crippen LogP) is 3.00. The number of halogens is 2. The van der Waals surface area contributed by atoms with Crippen LogP contribution in [0.3, 0.4) is 0 Å². The topological polar surface area (TPSA) is 0 Å². The van der Waals surface area contributed by atoms with Crippen molar-refractivity contribution in [3.63, 3.8) is 0 Å². The van der Waals surface area contributed by atoms with Gasteiger partial charge in [0, 0.05) is 4.83 Å². The maximum atomic E-state index is 3.51. The van der Waals surface area contributed by atoms with Crippen molar-refractivity contribution in [1.29, 1.82) is 0 Å². The van der Waals surface area contributed by atoms with Crippen LogP contribution in [0.15, 0.2) is 21.8 Å². The van der Waals surface area contributed by atoms with Crippen molar-refractivity contribution in [2.24, 2.45) is 0 Å². The molecule has 1 heterocycles. The van der Waals surface area contributed by atoms with Gasteiger partial charge in [0.05, 0.1) is 0 Å². The summed E-state index contributed by atoms with van der Waals surface area (Å²) in [5, 5.41) is 0. The summed E-state index contributed by atoms with van der Waals surface area (Å²) < 4.78 is 4.57. The van der Waals surface area contributed by atoms with Gasteiger partial charge in [-0.2, -0.15) is 0 Å². The van der Waals surface area contributed by atoms with Gasteiger partial charge in [-0.15, -0.1) is 0 Å². The molecule has 0 nitrogen and oxygen atoms in total. The maximum absolute atomic E-state index is 3.51. The molecule has 9 heavy (non-hydrogen) atoms. The lowest BCUT2D eigenvalue weighted by Gasteiger charge is -2.03. The molecular weight excluding hydrogens is 291 g/mol. The number of alkyl halides is 1. The Kier molecular flexibility index (Phi) is 3.12. The molecule has 1 aliphatic rings. The van der Waals surface area contributed by atoms with Crippen LogP contribution in [0.1, 0.15) is 6.92 Å². The summed E-state index contributed by atoms with van der Waals surface area (Å²) in [7, 11) is 0. The van der Waals surface area contributed by atoms with Gasteiger partial charge >= 0.3 is 0 Å². The molecule has 0 saturated heterocycles. The molecule has 0 bridgehead atoms. The molecule has 0 amide bonds. The second-order valence-corrected chi connectivity index (χ2v) is 5.36. The van der Waals surface area contributed by atoms with Gasteiger partial charge < -0.3 is 0 Å². The van der Waals surface area contributed by atoms with Crippen molar-refractivity contribution in [2.45, 2.75) is 11.8 Å². The molecule has 1 aliphatic heterocycles. The molecule has 0 spiro atoms. The standard InChI is InChI=1S/C7H8BrI/c1-6(8)7-2-4-9-5-3-7/h2-6H,1H3. The van der Waals surface area contributed by atoms with Gasteiger partial charge in [-0.05, 0) is 20.6 Å². The van der Waals surface area contributed by atoms with Crippen LogP contribution in [0, 0.1) is 0 Å². The molecule has 0 radical (unpaired) electrons. The summed E-state index contributed by atoms with van der Waals surface area (Å²) >= 11 is 3.77. The smallest absolute Gasteiger partial charge is 0.0367 e. The van der Waals surface area contributed by atoms with Gasteiger partial charge in [-0.3, -0.25) is 0 Å². The quantitative estimate of drug-likeness (QED) is 0.516. The zero-order valence-corrected chi connectivity index (χ0v) is 8.89. The lowest BCUT2D eigenvalue weighted by molar-refractivity contribution is 1.20. The Balaban J connectivity index is 2.72. The summed E-state index contributed by atoms with van der Waals surface area (Å²) in [6, 6.07) is 0. The van der Waals surface area contributed by atoms with Crippen molar-refractivity contribution in [3.05, 3.63) is 21.8 Å². The van der Waals surface area contributed by atoms with E-state index in [0.717, 1.165) is 0 Å². The second-order valence-electron chi connectivity index (χ2n) is 1.83. The molecule has 0 fully saturated rings. The van der Waals surface area contributed by atoms with Gasteiger partial charge in [-0.25, -0.2) is 0 Å². The highest BCUT2D eigenvalue weighted by atomic mass is 127. The summed E-state index contributed by atoms with van der Waals surface area (Å²) in [4.78, 5) is 0.509. The van der Waals surface area contributed by atoms with E-state index in [1.54, 1.807) is 0 Å². The van der Waals surface area contributed by atoms with E-state index in [1.807, 2.05) is 0 Å². The first-order valence-electron chi connectivity index (χ1n) is 2.76. The minimum absolute atomic E-state index is 0.259. The van der Waals surface area contributed by atoms with Crippen molar-refractivity contribution >= 4 is 40.7 Å². The molecule has 2 heteroatoms. The highest BCUT2D eigenvalue weighted by molar-refractivity contribution is 14.2. The maximum Gasteiger partial charge on any atom is 0.0367 e. The Labute approximate surface area is 73.9 Å². The van der Waals surface area contributed by atoms with E-state index in [9.17, 15) is 0 Å². The zero-order chi connectivity index (χ0) is 6.69. The normalized spacial score (nSPS) is 20.4. The van der Waals surface area contributed by atoms with Crippen LogP contribution in [0.2, 0.25) is 0 Å².